The van der Waals surface area contributed by atoms with Crippen LogP contribution in [0.4, 0.5) is 4.39 Å². The van der Waals surface area contributed by atoms with E-state index in [2.05, 4.69) is 4.98 Å². The van der Waals surface area contributed by atoms with Gasteiger partial charge < -0.3 is 14.4 Å². The molecule has 3 heterocycles. The summed E-state index contributed by atoms with van der Waals surface area (Å²) >= 11 is 0. The lowest BCUT2D eigenvalue weighted by Crippen LogP contribution is -2.67. The van der Waals surface area contributed by atoms with Crippen LogP contribution >= 0.6 is 0 Å². The first-order valence-corrected chi connectivity index (χ1v) is 9.25. The predicted molar refractivity (Wildman–Crippen MR) is 97.8 cm³/mol. The van der Waals surface area contributed by atoms with Crippen molar-refractivity contribution in [2.24, 2.45) is 0 Å². The Labute approximate surface area is 158 Å². The van der Waals surface area contributed by atoms with Gasteiger partial charge in [0.15, 0.2) is 0 Å². The molecule has 1 aromatic carbocycles. The molecule has 2 fully saturated rings. The molecule has 6 heteroatoms. The number of ether oxygens (including phenoxy) is 2. The third-order valence-electron chi connectivity index (χ3n) is 5.32. The molecule has 0 saturated carbocycles. The van der Waals surface area contributed by atoms with Crippen LogP contribution in [0.5, 0.6) is 0 Å². The number of amides is 1. The molecule has 2 aromatic rings. The number of nitrogens with zero attached hydrogens (tertiary/aromatic N) is 2. The maximum atomic E-state index is 13.3. The average molecular weight is 370 g/mol. The Balaban J connectivity index is 1.33. The number of halogens is 1. The van der Waals surface area contributed by atoms with Crippen LogP contribution < -0.4 is 0 Å². The van der Waals surface area contributed by atoms with Gasteiger partial charge in [-0.05, 0) is 48.7 Å². The molecular weight excluding hydrogens is 347 g/mol. The Kier molecular flexibility index (Phi) is 4.93. The SMILES string of the molecule is Cc1cc(F)ccc1C(=O)N1CC2(C[C@H](OCc3cccnc3)CCO2)C1. The second kappa shape index (κ2) is 7.37. The van der Waals surface area contributed by atoms with E-state index < -0.39 is 0 Å². The van der Waals surface area contributed by atoms with Gasteiger partial charge >= 0.3 is 0 Å². The van der Waals surface area contributed by atoms with Gasteiger partial charge in [0.05, 0.1) is 25.8 Å². The summed E-state index contributed by atoms with van der Waals surface area (Å²) in [6.45, 7) is 4.03. The fourth-order valence-electron chi connectivity index (χ4n) is 3.87. The zero-order valence-electron chi connectivity index (χ0n) is 15.4. The van der Waals surface area contributed by atoms with E-state index in [1.165, 1.54) is 12.1 Å². The summed E-state index contributed by atoms with van der Waals surface area (Å²) in [4.78, 5) is 18.6. The molecule has 0 N–H and O–H groups in total. The molecule has 1 atom stereocenters. The van der Waals surface area contributed by atoms with Gasteiger partial charge in [0, 0.05) is 31.0 Å². The van der Waals surface area contributed by atoms with Crippen molar-refractivity contribution in [3.63, 3.8) is 0 Å². The molecular formula is C21H23FN2O3. The van der Waals surface area contributed by atoms with Gasteiger partial charge in [0.1, 0.15) is 11.4 Å². The summed E-state index contributed by atoms with van der Waals surface area (Å²) in [6, 6.07) is 8.17. The van der Waals surface area contributed by atoms with Crippen molar-refractivity contribution >= 4 is 5.91 Å². The van der Waals surface area contributed by atoms with Crippen LogP contribution in [0.15, 0.2) is 42.7 Å². The lowest BCUT2D eigenvalue weighted by atomic mass is 9.84. The second-order valence-corrected chi connectivity index (χ2v) is 7.44. The highest BCUT2D eigenvalue weighted by molar-refractivity contribution is 5.96. The number of benzene rings is 1. The number of aryl methyl sites for hydroxylation is 1. The third-order valence-corrected chi connectivity index (χ3v) is 5.32. The number of aromatic nitrogens is 1. The zero-order chi connectivity index (χ0) is 18.9. The minimum Gasteiger partial charge on any atom is -0.373 e. The van der Waals surface area contributed by atoms with Crippen LogP contribution in [0.1, 0.15) is 34.3 Å². The maximum absolute atomic E-state index is 13.3. The Morgan fingerprint density at radius 3 is 3.00 bits per heavy atom. The van der Waals surface area contributed by atoms with Gasteiger partial charge in [-0.15, -0.1) is 0 Å². The number of carbonyl (C=O) groups is 1. The van der Waals surface area contributed by atoms with Crippen molar-refractivity contribution in [2.75, 3.05) is 19.7 Å². The van der Waals surface area contributed by atoms with Crippen LogP contribution in [-0.2, 0) is 16.1 Å². The molecule has 0 aliphatic carbocycles. The molecule has 1 aromatic heterocycles. The van der Waals surface area contributed by atoms with Crippen molar-refractivity contribution in [3.05, 3.63) is 65.2 Å². The van der Waals surface area contributed by atoms with E-state index in [1.807, 2.05) is 18.3 Å². The van der Waals surface area contributed by atoms with Gasteiger partial charge in [-0.3, -0.25) is 9.78 Å². The first kappa shape index (κ1) is 18.1. The monoisotopic (exact) mass is 370 g/mol. The molecule has 0 bridgehead atoms. The highest BCUT2D eigenvalue weighted by Gasteiger charge is 2.49. The predicted octanol–water partition coefficient (Wildman–Crippen LogP) is 3.12. The van der Waals surface area contributed by atoms with Crippen molar-refractivity contribution in [2.45, 2.75) is 38.1 Å². The van der Waals surface area contributed by atoms with E-state index in [4.69, 9.17) is 9.47 Å². The normalized spacial score (nSPS) is 21.1. The number of likely N-dealkylation sites (tertiary alicyclic amines) is 1. The summed E-state index contributed by atoms with van der Waals surface area (Å²) < 4.78 is 25.3. The molecule has 27 heavy (non-hydrogen) atoms. The highest BCUT2D eigenvalue weighted by atomic mass is 19.1. The average Bonchev–Trinajstić information content (AvgIpc) is 2.65. The smallest absolute Gasteiger partial charge is 0.254 e. The molecule has 2 saturated heterocycles. The largest absolute Gasteiger partial charge is 0.373 e. The fourth-order valence-corrected chi connectivity index (χ4v) is 3.87. The lowest BCUT2D eigenvalue weighted by Gasteiger charge is -2.53. The van der Waals surface area contributed by atoms with E-state index >= 15 is 0 Å². The maximum Gasteiger partial charge on any atom is 0.254 e. The molecule has 142 valence electrons. The Bertz CT molecular complexity index is 821. The van der Waals surface area contributed by atoms with E-state index in [9.17, 15) is 9.18 Å². The summed E-state index contributed by atoms with van der Waals surface area (Å²) in [5.41, 5.74) is 1.94. The van der Waals surface area contributed by atoms with Crippen LogP contribution in [0.2, 0.25) is 0 Å². The third kappa shape index (κ3) is 3.87. The fraction of sp³-hybridized carbons (Fsp3) is 0.429. The first-order valence-electron chi connectivity index (χ1n) is 9.25. The van der Waals surface area contributed by atoms with Crippen molar-refractivity contribution in [1.29, 1.82) is 0 Å². The van der Waals surface area contributed by atoms with E-state index in [0.717, 1.165) is 18.4 Å². The van der Waals surface area contributed by atoms with Crippen molar-refractivity contribution in [3.8, 4) is 0 Å². The molecule has 0 unspecified atom stereocenters. The molecule has 4 rings (SSSR count). The zero-order valence-corrected chi connectivity index (χ0v) is 15.4. The van der Waals surface area contributed by atoms with Gasteiger partial charge in [0.2, 0.25) is 0 Å². The van der Waals surface area contributed by atoms with Gasteiger partial charge in [-0.1, -0.05) is 6.07 Å². The van der Waals surface area contributed by atoms with E-state index in [1.54, 1.807) is 24.1 Å². The topological polar surface area (TPSA) is 51.7 Å². The van der Waals surface area contributed by atoms with E-state index in [0.29, 0.717) is 37.4 Å². The summed E-state index contributed by atoms with van der Waals surface area (Å²) in [7, 11) is 0. The standard InChI is InChI=1S/C21H23FN2O3/c1-15-9-17(22)4-5-19(15)20(25)24-13-21(14-24)10-18(6-8-27-21)26-12-16-3-2-7-23-11-16/h2-5,7,9,11,18H,6,8,10,12-14H2,1H3/t18-/m1/s1. The molecule has 2 aliphatic rings. The molecule has 1 amide bonds. The number of pyridine rings is 1. The molecule has 2 aliphatic heterocycles. The summed E-state index contributed by atoms with van der Waals surface area (Å²) in [6.07, 6.45) is 5.30. The number of carbonyl (C=O) groups excluding carboxylic acids is 1. The van der Waals surface area contributed by atoms with E-state index in [-0.39, 0.29) is 23.4 Å². The van der Waals surface area contributed by atoms with Crippen LogP contribution in [-0.4, -0.2) is 47.2 Å². The van der Waals surface area contributed by atoms with Gasteiger partial charge in [-0.25, -0.2) is 4.39 Å². The second-order valence-electron chi connectivity index (χ2n) is 7.44. The number of rotatable bonds is 4. The number of hydrogen-bond acceptors (Lipinski definition) is 4. The Hall–Kier alpha value is -2.31. The lowest BCUT2D eigenvalue weighted by molar-refractivity contribution is -0.188. The minimum absolute atomic E-state index is 0.0693. The minimum atomic E-state index is -0.326. The first-order chi connectivity index (χ1) is 13.0. The Morgan fingerprint density at radius 1 is 1.41 bits per heavy atom. The summed E-state index contributed by atoms with van der Waals surface area (Å²) in [5.74, 6) is -0.395. The van der Waals surface area contributed by atoms with Crippen LogP contribution in [0.3, 0.4) is 0 Å². The summed E-state index contributed by atoms with van der Waals surface area (Å²) in [5, 5.41) is 0. The van der Waals surface area contributed by atoms with Crippen molar-refractivity contribution in [1.82, 2.24) is 9.88 Å². The van der Waals surface area contributed by atoms with Gasteiger partial charge in [-0.2, -0.15) is 0 Å². The molecule has 1 spiro atoms. The van der Waals surface area contributed by atoms with Crippen molar-refractivity contribution < 1.29 is 18.7 Å². The Morgan fingerprint density at radius 2 is 2.26 bits per heavy atom. The molecule has 5 nitrogen and oxygen atoms in total. The van der Waals surface area contributed by atoms with Gasteiger partial charge in [0.25, 0.3) is 5.91 Å². The highest BCUT2D eigenvalue weighted by Crippen LogP contribution is 2.36. The van der Waals surface area contributed by atoms with Crippen LogP contribution in [0, 0.1) is 12.7 Å². The quantitative estimate of drug-likeness (QED) is 0.830. The van der Waals surface area contributed by atoms with Crippen LogP contribution in [0.25, 0.3) is 0 Å². The number of hydrogen-bond donors (Lipinski definition) is 0. The molecule has 0 radical (unpaired) electrons.